The molecule has 0 bridgehead atoms. The molecule has 5 N–H and O–H groups in total. The van der Waals surface area contributed by atoms with Crippen LogP contribution in [-0.2, 0) is 28.7 Å². The molecular weight excluding hydrogens is 727 g/mol. The van der Waals surface area contributed by atoms with Crippen LogP contribution in [0.1, 0.15) is 128 Å². The highest BCUT2D eigenvalue weighted by Gasteiger charge is 2.54. The van der Waals surface area contributed by atoms with Gasteiger partial charge in [-0.1, -0.05) is 103 Å². The Morgan fingerprint density at radius 1 is 0.927 bits per heavy atom. The standard InChI is InChI=1S/C39H61N6O9P/c1-3-4-5-6-7-8-9-10-11-12-13-14-15-16-17-18-23-50-26-31(53-35-22-19-30(24-40)25-42-35)27-51-55(48,49)52-28-33-36(46)37(47)39(2,54-33)34-21-20-32-38(41)43-29-44-45(32)34/h19-22,25,29,31,33,36-37,46-47H,3-18,23,26-28H2,1-2H3,(H,48,49)(H2,41,43,44)/t31-,33-,36-,37-,39+/m1/s1. The van der Waals surface area contributed by atoms with Crippen LogP contribution in [0.2, 0.25) is 0 Å². The van der Waals surface area contributed by atoms with E-state index in [0.29, 0.717) is 23.4 Å². The smallest absolute Gasteiger partial charge is 0.469 e. The normalized spacial score (nSPS) is 21.4. The van der Waals surface area contributed by atoms with Gasteiger partial charge in [-0.15, -0.1) is 0 Å². The molecule has 15 nitrogen and oxygen atoms in total. The van der Waals surface area contributed by atoms with Gasteiger partial charge in [0, 0.05) is 18.9 Å². The summed E-state index contributed by atoms with van der Waals surface area (Å²) in [5.41, 5.74) is 5.72. The Morgan fingerprint density at radius 3 is 2.16 bits per heavy atom. The number of nitrogens with zero attached hydrogens (tertiary/aromatic N) is 5. The van der Waals surface area contributed by atoms with Crippen LogP contribution >= 0.6 is 7.82 Å². The van der Waals surface area contributed by atoms with Crippen LogP contribution in [0.15, 0.2) is 36.8 Å². The second kappa shape index (κ2) is 23.1. The highest BCUT2D eigenvalue weighted by atomic mass is 31.2. The monoisotopic (exact) mass is 788 g/mol. The highest BCUT2D eigenvalue weighted by Crippen LogP contribution is 2.46. The number of hydrogen-bond acceptors (Lipinski definition) is 13. The van der Waals surface area contributed by atoms with E-state index < -0.39 is 44.4 Å². The van der Waals surface area contributed by atoms with Crippen LogP contribution in [0.5, 0.6) is 5.88 Å². The predicted octanol–water partition coefficient (Wildman–Crippen LogP) is 6.77. The fourth-order valence-electron chi connectivity index (χ4n) is 6.81. The lowest BCUT2D eigenvalue weighted by Gasteiger charge is -2.27. The number of ether oxygens (including phenoxy) is 3. The summed E-state index contributed by atoms with van der Waals surface area (Å²) in [6.45, 7) is 3.40. The number of phosphoric ester groups is 1. The van der Waals surface area contributed by atoms with Crippen molar-refractivity contribution in [1.29, 1.82) is 5.26 Å². The van der Waals surface area contributed by atoms with Crippen molar-refractivity contribution in [2.75, 3.05) is 32.2 Å². The van der Waals surface area contributed by atoms with Gasteiger partial charge in [0.1, 0.15) is 47.9 Å². The van der Waals surface area contributed by atoms with Gasteiger partial charge < -0.3 is 35.1 Å². The number of phosphoric acid groups is 1. The van der Waals surface area contributed by atoms with Crippen LogP contribution in [0.25, 0.3) is 5.52 Å². The summed E-state index contributed by atoms with van der Waals surface area (Å²) in [5.74, 6) is 0.409. The molecule has 4 rings (SSSR count). The van der Waals surface area contributed by atoms with Crippen LogP contribution in [0.3, 0.4) is 0 Å². The lowest BCUT2D eigenvalue weighted by Crippen LogP contribution is -2.39. The van der Waals surface area contributed by atoms with Gasteiger partial charge in [0.05, 0.1) is 31.1 Å². The summed E-state index contributed by atoms with van der Waals surface area (Å²) >= 11 is 0. The van der Waals surface area contributed by atoms with Crippen molar-refractivity contribution in [2.24, 2.45) is 0 Å². The minimum atomic E-state index is -4.70. The third kappa shape index (κ3) is 14.1. The van der Waals surface area contributed by atoms with Crippen molar-refractivity contribution in [3.8, 4) is 11.9 Å². The molecule has 0 spiro atoms. The van der Waals surface area contributed by atoms with Gasteiger partial charge in [-0.3, -0.25) is 9.05 Å². The first-order valence-electron chi connectivity index (χ1n) is 19.9. The maximum atomic E-state index is 13.0. The van der Waals surface area contributed by atoms with Crippen molar-refractivity contribution in [1.82, 2.24) is 19.6 Å². The first-order chi connectivity index (χ1) is 26.6. The maximum absolute atomic E-state index is 13.0. The van der Waals surface area contributed by atoms with E-state index in [1.165, 1.54) is 107 Å². The molecule has 1 fully saturated rings. The number of aliphatic hydroxyl groups is 2. The molecule has 1 saturated heterocycles. The average Bonchev–Trinajstić information content (AvgIpc) is 3.72. The Labute approximate surface area is 325 Å². The molecule has 1 aliphatic heterocycles. The summed E-state index contributed by atoms with van der Waals surface area (Å²) in [6, 6.07) is 8.37. The van der Waals surface area contributed by atoms with E-state index in [1.807, 2.05) is 6.07 Å². The van der Waals surface area contributed by atoms with Gasteiger partial charge in [0.15, 0.2) is 5.82 Å². The topological polar surface area (TPSA) is 217 Å². The number of nitrogens with two attached hydrogens (primary N) is 1. The summed E-state index contributed by atoms with van der Waals surface area (Å²) in [4.78, 5) is 18.6. The molecule has 0 radical (unpaired) electrons. The number of aromatic nitrogens is 4. The molecule has 0 aromatic carbocycles. The molecule has 0 saturated carbocycles. The first-order valence-corrected chi connectivity index (χ1v) is 21.4. The van der Waals surface area contributed by atoms with Gasteiger partial charge >= 0.3 is 7.82 Å². The summed E-state index contributed by atoms with van der Waals surface area (Å²) in [5, 5.41) is 35.1. The molecule has 3 aromatic rings. The Bertz CT molecular complexity index is 1640. The molecule has 1 aliphatic rings. The van der Waals surface area contributed by atoms with Gasteiger partial charge in [0.2, 0.25) is 5.88 Å². The summed E-state index contributed by atoms with van der Waals surface area (Å²) < 4.78 is 42.7. The fraction of sp³-hybridized carbons (Fsp3) is 0.692. The van der Waals surface area contributed by atoms with Crippen LogP contribution in [-0.4, -0.2) is 85.5 Å². The number of fused-ring (bicyclic) bond motifs is 1. The quantitative estimate of drug-likeness (QED) is 0.0441. The number of unbranched alkanes of at least 4 members (excludes halogenated alkanes) is 15. The van der Waals surface area contributed by atoms with E-state index >= 15 is 0 Å². The van der Waals surface area contributed by atoms with E-state index in [0.717, 1.165) is 19.3 Å². The van der Waals surface area contributed by atoms with Gasteiger partial charge in [-0.2, -0.15) is 10.4 Å². The van der Waals surface area contributed by atoms with Crippen molar-refractivity contribution >= 4 is 19.2 Å². The number of nitriles is 1. The SMILES string of the molecule is CCCCCCCCCCCCCCCCCCOC[C@H](COP(=O)(O)OC[C@H]1O[C@@](C)(c2ccc3c(N)ncnn23)[C@H](O)[C@@H]1O)Oc1ccc(C#N)cn1. The zero-order valence-corrected chi connectivity index (χ0v) is 33.4. The summed E-state index contributed by atoms with van der Waals surface area (Å²) in [6.07, 6.45) is 18.1. The summed E-state index contributed by atoms with van der Waals surface area (Å²) in [7, 11) is -4.70. The largest absolute Gasteiger partial charge is 0.472 e. The Kier molecular flexibility index (Phi) is 18.7. The minimum absolute atomic E-state index is 0.0504. The van der Waals surface area contributed by atoms with E-state index in [-0.39, 0.29) is 24.9 Å². The highest BCUT2D eigenvalue weighted by molar-refractivity contribution is 7.47. The van der Waals surface area contributed by atoms with Gasteiger partial charge in [-0.05, 0) is 31.5 Å². The third-order valence-corrected chi connectivity index (χ3v) is 11.0. The third-order valence-electron chi connectivity index (χ3n) is 10.1. The molecule has 3 aromatic heterocycles. The van der Waals surface area contributed by atoms with E-state index in [9.17, 15) is 19.7 Å². The second-order valence-electron chi connectivity index (χ2n) is 14.5. The molecule has 306 valence electrons. The fourth-order valence-corrected chi connectivity index (χ4v) is 7.57. The molecule has 4 heterocycles. The maximum Gasteiger partial charge on any atom is 0.472 e. The second-order valence-corrected chi connectivity index (χ2v) is 16.0. The lowest BCUT2D eigenvalue weighted by atomic mass is 9.93. The molecule has 6 atom stereocenters. The zero-order chi connectivity index (χ0) is 39.5. The Hall–Kier alpha value is -3.19. The number of hydrogen-bond donors (Lipinski definition) is 4. The van der Waals surface area contributed by atoms with Crippen LogP contribution < -0.4 is 10.5 Å². The Morgan fingerprint density at radius 2 is 1.56 bits per heavy atom. The number of anilines is 1. The number of pyridine rings is 1. The zero-order valence-electron chi connectivity index (χ0n) is 32.5. The molecule has 0 aliphatic carbocycles. The first kappa shape index (κ1) is 44.5. The van der Waals surface area contributed by atoms with Crippen molar-refractivity contribution in [3.63, 3.8) is 0 Å². The predicted molar refractivity (Wildman–Crippen MR) is 207 cm³/mol. The van der Waals surface area contributed by atoms with Gasteiger partial charge in [0.25, 0.3) is 0 Å². The van der Waals surface area contributed by atoms with E-state index in [2.05, 4.69) is 22.0 Å². The van der Waals surface area contributed by atoms with Crippen LogP contribution in [0, 0.1) is 11.3 Å². The lowest BCUT2D eigenvalue weighted by molar-refractivity contribution is -0.0892. The van der Waals surface area contributed by atoms with Crippen molar-refractivity contribution < 1.29 is 42.9 Å². The molecule has 1 unspecified atom stereocenters. The van der Waals surface area contributed by atoms with Crippen molar-refractivity contribution in [3.05, 3.63) is 48.0 Å². The number of rotatable bonds is 28. The minimum Gasteiger partial charge on any atom is -0.469 e. The van der Waals surface area contributed by atoms with Crippen LogP contribution in [0.4, 0.5) is 5.82 Å². The van der Waals surface area contributed by atoms with E-state index in [4.69, 9.17) is 34.3 Å². The number of nitrogen functional groups attached to an aromatic ring is 1. The molecule has 16 heteroatoms. The van der Waals surface area contributed by atoms with Gasteiger partial charge in [-0.25, -0.2) is 19.0 Å². The molecular formula is C39H61N6O9P. The average molecular weight is 789 g/mol. The van der Waals surface area contributed by atoms with E-state index in [1.54, 1.807) is 25.1 Å². The Balaban J connectivity index is 1.16. The number of aliphatic hydroxyl groups excluding tert-OH is 2. The van der Waals surface area contributed by atoms with Crippen molar-refractivity contribution in [2.45, 2.75) is 147 Å². The molecule has 55 heavy (non-hydrogen) atoms. The molecule has 0 amide bonds.